The number of aryl methyl sites for hydroxylation is 2. The van der Waals surface area contributed by atoms with Gasteiger partial charge in [-0.1, -0.05) is 53.7 Å². The molecule has 0 bridgehead atoms. The van der Waals surface area contributed by atoms with Crippen LogP contribution in [0.4, 0.5) is 0 Å². The van der Waals surface area contributed by atoms with Crippen LogP contribution < -0.4 is 11.1 Å². The van der Waals surface area contributed by atoms with Gasteiger partial charge in [-0.25, -0.2) is 18.8 Å². The normalized spacial score (nSPS) is 11.8. The fourth-order valence-corrected chi connectivity index (χ4v) is 5.52. The first-order chi connectivity index (χ1) is 19.0. The third kappa shape index (κ3) is 4.51. The van der Waals surface area contributed by atoms with E-state index in [0.29, 0.717) is 11.6 Å². The van der Waals surface area contributed by atoms with Gasteiger partial charge in [0.2, 0.25) is 11.6 Å². The minimum absolute atomic E-state index is 0.0521. The number of nitrogens with one attached hydrogen (secondary N) is 2. The molecule has 2 N–H and O–H groups in total. The minimum atomic E-state index is 0.0521. The average Bonchev–Trinajstić information content (AvgIpc) is 3.46. The van der Waals surface area contributed by atoms with E-state index in [2.05, 4.69) is 47.6 Å². The van der Waals surface area contributed by atoms with Crippen LogP contribution in [0.3, 0.4) is 0 Å². The molecule has 6 aromatic rings. The van der Waals surface area contributed by atoms with Crippen LogP contribution in [0.5, 0.6) is 0 Å². The number of benzene rings is 2. The SMILES string of the molecule is CCc1c(C(C)C)[nH]c2nc3cc(C)ccc3n2c1=O.CCc1c(C(C)C)[nH]c2nc3ccc(C)cc3n2c1=O. The lowest BCUT2D eigenvalue weighted by atomic mass is 10.0. The fourth-order valence-electron chi connectivity index (χ4n) is 5.52. The van der Waals surface area contributed by atoms with Gasteiger partial charge in [-0.3, -0.25) is 9.59 Å². The molecule has 0 amide bonds. The zero-order valence-electron chi connectivity index (χ0n) is 24.6. The predicted octanol–water partition coefficient (Wildman–Crippen LogP) is 6.34. The van der Waals surface area contributed by atoms with Crippen molar-refractivity contribution in [2.75, 3.05) is 0 Å². The molecule has 0 aliphatic heterocycles. The van der Waals surface area contributed by atoms with E-state index < -0.39 is 0 Å². The Kier molecular flexibility index (Phi) is 7.12. The largest absolute Gasteiger partial charge is 0.328 e. The second-order valence-corrected chi connectivity index (χ2v) is 11.2. The first-order valence-corrected chi connectivity index (χ1v) is 14.1. The Hall–Kier alpha value is -4.20. The third-order valence-electron chi connectivity index (χ3n) is 7.55. The molecule has 0 saturated heterocycles. The summed E-state index contributed by atoms with van der Waals surface area (Å²) in [5, 5.41) is 0. The van der Waals surface area contributed by atoms with Gasteiger partial charge in [0.15, 0.2) is 0 Å². The van der Waals surface area contributed by atoms with E-state index in [4.69, 9.17) is 0 Å². The van der Waals surface area contributed by atoms with Gasteiger partial charge in [0, 0.05) is 22.5 Å². The molecule has 40 heavy (non-hydrogen) atoms. The van der Waals surface area contributed by atoms with Crippen LogP contribution in [-0.2, 0) is 12.8 Å². The van der Waals surface area contributed by atoms with Crippen LogP contribution >= 0.6 is 0 Å². The van der Waals surface area contributed by atoms with Gasteiger partial charge in [-0.15, -0.1) is 0 Å². The maximum absolute atomic E-state index is 12.8. The number of aromatic amines is 2. The molecule has 0 atom stereocenters. The van der Waals surface area contributed by atoms with Gasteiger partial charge in [0.1, 0.15) is 0 Å². The molecule has 0 spiro atoms. The molecule has 0 aliphatic carbocycles. The summed E-state index contributed by atoms with van der Waals surface area (Å²) in [6.45, 7) is 16.5. The second-order valence-electron chi connectivity index (χ2n) is 11.2. The smallest absolute Gasteiger partial charge is 0.262 e. The molecule has 0 saturated carbocycles. The zero-order chi connectivity index (χ0) is 28.9. The van der Waals surface area contributed by atoms with Crippen molar-refractivity contribution in [1.82, 2.24) is 28.7 Å². The van der Waals surface area contributed by atoms with Crippen LogP contribution in [-0.4, -0.2) is 28.7 Å². The maximum Gasteiger partial charge on any atom is 0.262 e. The lowest BCUT2D eigenvalue weighted by Crippen LogP contribution is -2.22. The van der Waals surface area contributed by atoms with E-state index in [-0.39, 0.29) is 23.0 Å². The van der Waals surface area contributed by atoms with E-state index in [0.717, 1.165) is 68.6 Å². The number of aromatic nitrogens is 6. The first kappa shape index (κ1) is 27.4. The summed E-state index contributed by atoms with van der Waals surface area (Å²) >= 11 is 0. The average molecular weight is 539 g/mol. The van der Waals surface area contributed by atoms with Crippen LogP contribution in [0.1, 0.15) is 87.0 Å². The summed E-state index contributed by atoms with van der Waals surface area (Å²) in [7, 11) is 0. The highest BCUT2D eigenvalue weighted by Crippen LogP contribution is 2.21. The Bertz CT molecular complexity index is 1990. The van der Waals surface area contributed by atoms with Gasteiger partial charge >= 0.3 is 0 Å². The second kappa shape index (κ2) is 10.4. The summed E-state index contributed by atoms with van der Waals surface area (Å²) in [4.78, 5) is 41.3. The number of hydrogen-bond donors (Lipinski definition) is 2. The lowest BCUT2D eigenvalue weighted by Gasteiger charge is -2.11. The number of rotatable bonds is 4. The lowest BCUT2D eigenvalue weighted by molar-refractivity contribution is 0.783. The van der Waals surface area contributed by atoms with Gasteiger partial charge in [-0.2, -0.15) is 0 Å². The number of hydrogen-bond acceptors (Lipinski definition) is 4. The Morgan fingerprint density at radius 1 is 0.675 bits per heavy atom. The molecule has 8 heteroatoms. The topological polar surface area (TPSA) is 100 Å². The fraction of sp³-hybridized carbons (Fsp3) is 0.375. The predicted molar refractivity (Wildman–Crippen MR) is 163 cm³/mol. The molecule has 208 valence electrons. The minimum Gasteiger partial charge on any atom is -0.328 e. The van der Waals surface area contributed by atoms with Crippen molar-refractivity contribution in [3.05, 3.63) is 90.7 Å². The van der Waals surface area contributed by atoms with Crippen molar-refractivity contribution in [1.29, 1.82) is 0 Å². The molecule has 0 radical (unpaired) electrons. The van der Waals surface area contributed by atoms with E-state index in [1.54, 1.807) is 8.80 Å². The van der Waals surface area contributed by atoms with Crippen molar-refractivity contribution in [3.63, 3.8) is 0 Å². The van der Waals surface area contributed by atoms with Gasteiger partial charge in [0.05, 0.1) is 22.1 Å². The van der Waals surface area contributed by atoms with E-state index >= 15 is 0 Å². The molecule has 4 aromatic heterocycles. The summed E-state index contributed by atoms with van der Waals surface area (Å²) in [5.74, 6) is 1.83. The van der Waals surface area contributed by atoms with Crippen molar-refractivity contribution in [2.45, 2.75) is 80.1 Å². The summed E-state index contributed by atoms with van der Waals surface area (Å²) in [5.41, 5.74) is 9.55. The highest BCUT2D eigenvalue weighted by Gasteiger charge is 2.17. The summed E-state index contributed by atoms with van der Waals surface area (Å²) in [6, 6.07) is 12.0. The molecule has 0 unspecified atom stereocenters. The Morgan fingerprint density at radius 3 is 1.68 bits per heavy atom. The highest BCUT2D eigenvalue weighted by molar-refractivity contribution is 5.81. The molecule has 0 aliphatic rings. The molecular formula is C32H38N6O2. The van der Waals surface area contributed by atoms with E-state index in [1.165, 1.54) is 0 Å². The van der Waals surface area contributed by atoms with E-state index in [1.807, 2.05) is 64.1 Å². The molecular weight excluding hydrogens is 500 g/mol. The molecule has 4 heterocycles. The van der Waals surface area contributed by atoms with E-state index in [9.17, 15) is 9.59 Å². The first-order valence-electron chi connectivity index (χ1n) is 14.1. The molecule has 8 nitrogen and oxygen atoms in total. The zero-order valence-corrected chi connectivity index (χ0v) is 24.6. The molecule has 0 fully saturated rings. The Labute approximate surface area is 233 Å². The Morgan fingerprint density at radius 2 is 1.15 bits per heavy atom. The number of nitrogens with zero attached hydrogens (tertiary/aromatic N) is 4. The van der Waals surface area contributed by atoms with Gasteiger partial charge < -0.3 is 9.97 Å². The van der Waals surface area contributed by atoms with Crippen LogP contribution in [0.15, 0.2) is 46.0 Å². The van der Waals surface area contributed by atoms with Crippen molar-refractivity contribution >= 4 is 33.6 Å². The quantitative estimate of drug-likeness (QED) is 0.273. The Balaban J connectivity index is 0.000000161. The number of fused-ring (bicyclic) bond motifs is 6. The summed E-state index contributed by atoms with van der Waals surface area (Å²) in [6.07, 6.45) is 1.45. The monoisotopic (exact) mass is 538 g/mol. The molecule has 2 aromatic carbocycles. The third-order valence-corrected chi connectivity index (χ3v) is 7.55. The van der Waals surface area contributed by atoms with Crippen LogP contribution in [0.2, 0.25) is 0 Å². The van der Waals surface area contributed by atoms with Crippen molar-refractivity contribution in [2.24, 2.45) is 0 Å². The van der Waals surface area contributed by atoms with Crippen LogP contribution in [0, 0.1) is 13.8 Å². The highest BCUT2D eigenvalue weighted by atomic mass is 16.1. The summed E-state index contributed by atoms with van der Waals surface area (Å²) < 4.78 is 3.40. The van der Waals surface area contributed by atoms with Crippen LogP contribution in [0.25, 0.3) is 33.6 Å². The van der Waals surface area contributed by atoms with Crippen molar-refractivity contribution < 1.29 is 0 Å². The maximum atomic E-state index is 12.8. The van der Waals surface area contributed by atoms with Gasteiger partial charge in [-0.05, 0) is 73.9 Å². The number of H-pyrrole nitrogens is 2. The van der Waals surface area contributed by atoms with Crippen molar-refractivity contribution in [3.8, 4) is 0 Å². The van der Waals surface area contributed by atoms with Gasteiger partial charge in [0.25, 0.3) is 11.1 Å². The molecule has 6 rings (SSSR count). The number of imidazole rings is 2. The standard InChI is InChI=1S/2C16H19N3O/c1-5-11-14(9(2)3)18-16-17-12-8-10(4)6-7-13(12)19(16)15(11)20;1-5-11-14(9(2)3)18-16-17-12-7-6-10(4)8-13(12)19(16)15(11)20/h2*6-9H,5H2,1-4H3,(H,17,18).